The molecule has 0 unspecified atom stereocenters. The molecule has 6 nitrogen and oxygen atoms in total. The maximum atomic E-state index is 13.4. The largest absolute Gasteiger partial charge is 0.497 e. The topological polar surface area (TPSA) is 76.7 Å². The van der Waals surface area contributed by atoms with Crippen LogP contribution in [-0.4, -0.2) is 24.6 Å². The van der Waals surface area contributed by atoms with Crippen molar-refractivity contribution in [3.05, 3.63) is 59.4 Å². The zero-order chi connectivity index (χ0) is 21.6. The van der Waals surface area contributed by atoms with Crippen LogP contribution in [0.5, 0.6) is 11.5 Å². The van der Waals surface area contributed by atoms with E-state index in [2.05, 4.69) is 10.6 Å². The Kier molecular flexibility index (Phi) is 4.84. The maximum Gasteiger partial charge on any atom is 0.258 e. The molecule has 2 N–H and O–H groups in total. The third kappa shape index (κ3) is 3.52. The first-order valence-corrected chi connectivity index (χ1v) is 10.7. The van der Waals surface area contributed by atoms with E-state index in [9.17, 15) is 14.0 Å². The van der Waals surface area contributed by atoms with E-state index in [1.54, 1.807) is 37.4 Å². The van der Waals surface area contributed by atoms with Crippen molar-refractivity contribution in [2.75, 3.05) is 7.11 Å². The van der Waals surface area contributed by atoms with Crippen molar-refractivity contribution < 1.29 is 23.5 Å². The van der Waals surface area contributed by atoms with E-state index >= 15 is 0 Å². The van der Waals surface area contributed by atoms with E-state index < -0.39 is 5.72 Å². The number of halogens is 1. The zero-order valence-corrected chi connectivity index (χ0v) is 17.3. The van der Waals surface area contributed by atoms with E-state index in [0.29, 0.717) is 36.4 Å². The summed E-state index contributed by atoms with van der Waals surface area (Å²) in [4.78, 5) is 25.7. The highest BCUT2D eigenvalue weighted by Crippen LogP contribution is 2.52. The fourth-order valence-corrected chi connectivity index (χ4v) is 5.41. The van der Waals surface area contributed by atoms with Crippen molar-refractivity contribution in [2.24, 2.45) is 17.8 Å². The number of ether oxygens (including phenoxy) is 2. The average molecular weight is 424 g/mol. The monoisotopic (exact) mass is 424 g/mol. The number of nitrogens with one attached hydrogen (secondary N) is 2. The maximum absolute atomic E-state index is 13.4. The lowest BCUT2D eigenvalue weighted by atomic mass is 9.60. The van der Waals surface area contributed by atoms with Gasteiger partial charge in [-0.05, 0) is 55.0 Å². The van der Waals surface area contributed by atoms with Crippen LogP contribution in [0.4, 0.5) is 4.39 Å². The standard InChI is InChI=1S/C24H25FN2O4/c1-30-18-7-8-19-21(11-18)31-24(27-23(19)29)12-15-5-6-16(24)10-20(15)22(28)26-13-14-3-2-4-17(25)9-14/h2-4,7-9,11,15-16,20H,5-6,10,12-13H2,1H3,(H,26,28)(H,27,29)/t15-,16-,20+,24-/m1/s1. The molecule has 162 valence electrons. The molecule has 2 amide bonds. The molecule has 2 aromatic carbocycles. The summed E-state index contributed by atoms with van der Waals surface area (Å²) < 4.78 is 25.1. The summed E-state index contributed by atoms with van der Waals surface area (Å²) in [6.07, 6.45) is 3.07. The lowest BCUT2D eigenvalue weighted by Gasteiger charge is -2.55. The average Bonchev–Trinajstić information content (AvgIpc) is 2.77. The highest BCUT2D eigenvalue weighted by atomic mass is 19.1. The minimum atomic E-state index is -0.779. The van der Waals surface area contributed by atoms with Gasteiger partial charge >= 0.3 is 0 Å². The SMILES string of the molecule is COc1ccc2c(c1)O[C@@]1(C[C@H]3CC[C@@H]1C[C@@H]3C(=O)NCc1cccc(F)c1)NC2=O. The summed E-state index contributed by atoms with van der Waals surface area (Å²) in [6, 6.07) is 11.4. The molecule has 2 bridgehead atoms. The third-order valence-corrected chi connectivity index (χ3v) is 6.96. The van der Waals surface area contributed by atoms with Crippen LogP contribution in [0.2, 0.25) is 0 Å². The molecule has 3 fully saturated rings. The Morgan fingerprint density at radius 2 is 2.16 bits per heavy atom. The first-order chi connectivity index (χ1) is 15.0. The van der Waals surface area contributed by atoms with Crippen molar-refractivity contribution >= 4 is 11.8 Å². The Morgan fingerprint density at radius 3 is 2.90 bits per heavy atom. The Labute approximate surface area is 180 Å². The van der Waals surface area contributed by atoms with E-state index in [4.69, 9.17) is 9.47 Å². The lowest BCUT2D eigenvalue weighted by Crippen LogP contribution is -2.66. The second kappa shape index (κ2) is 7.55. The molecule has 6 rings (SSSR count). The first kappa shape index (κ1) is 19.8. The number of amides is 2. The van der Waals surface area contributed by atoms with Crippen LogP contribution in [0.3, 0.4) is 0 Å². The van der Waals surface area contributed by atoms with Crippen molar-refractivity contribution in [1.82, 2.24) is 10.6 Å². The minimum Gasteiger partial charge on any atom is -0.497 e. The van der Waals surface area contributed by atoms with E-state index in [1.165, 1.54) is 12.1 Å². The summed E-state index contributed by atoms with van der Waals surface area (Å²) in [6.45, 7) is 0.302. The molecule has 0 saturated heterocycles. The van der Waals surface area contributed by atoms with Crippen molar-refractivity contribution in [3.8, 4) is 11.5 Å². The van der Waals surface area contributed by atoms with Gasteiger partial charge in [0.25, 0.3) is 5.91 Å². The van der Waals surface area contributed by atoms with Gasteiger partial charge in [-0.1, -0.05) is 12.1 Å². The van der Waals surface area contributed by atoms with Gasteiger partial charge in [-0.25, -0.2) is 4.39 Å². The van der Waals surface area contributed by atoms with E-state index in [0.717, 1.165) is 18.4 Å². The predicted molar refractivity (Wildman–Crippen MR) is 111 cm³/mol. The number of carbonyl (C=O) groups excluding carboxylic acids is 2. The molecule has 1 aliphatic heterocycles. The number of hydrogen-bond donors (Lipinski definition) is 2. The summed E-state index contributed by atoms with van der Waals surface area (Å²) in [5.41, 5.74) is 0.454. The van der Waals surface area contributed by atoms with Gasteiger partial charge < -0.3 is 20.1 Å². The van der Waals surface area contributed by atoms with Gasteiger partial charge in [-0.15, -0.1) is 0 Å². The molecule has 3 saturated carbocycles. The van der Waals surface area contributed by atoms with Crippen molar-refractivity contribution in [1.29, 1.82) is 0 Å². The first-order valence-electron chi connectivity index (χ1n) is 10.7. The van der Waals surface area contributed by atoms with Gasteiger partial charge in [0.2, 0.25) is 5.91 Å². The fraction of sp³-hybridized carbons (Fsp3) is 0.417. The van der Waals surface area contributed by atoms with Crippen LogP contribution < -0.4 is 20.1 Å². The molecule has 7 heteroatoms. The van der Waals surface area contributed by atoms with Crippen LogP contribution in [0, 0.1) is 23.6 Å². The van der Waals surface area contributed by atoms with Crippen LogP contribution in [0.25, 0.3) is 0 Å². The molecule has 0 radical (unpaired) electrons. The third-order valence-electron chi connectivity index (χ3n) is 6.96. The summed E-state index contributed by atoms with van der Waals surface area (Å²) in [7, 11) is 1.58. The van der Waals surface area contributed by atoms with Crippen molar-refractivity contribution in [3.63, 3.8) is 0 Å². The second-order valence-corrected chi connectivity index (χ2v) is 8.74. The molecule has 4 atom stereocenters. The van der Waals surface area contributed by atoms with Crippen molar-refractivity contribution in [2.45, 2.75) is 38.0 Å². The molecule has 1 spiro atoms. The minimum absolute atomic E-state index is 0.0157. The Hall–Kier alpha value is -3.09. The van der Waals surface area contributed by atoms with Gasteiger partial charge in [0.1, 0.15) is 17.3 Å². The Bertz CT molecular complexity index is 1040. The summed E-state index contributed by atoms with van der Waals surface area (Å²) in [5, 5.41) is 6.07. The van der Waals surface area contributed by atoms with E-state index in [-0.39, 0.29) is 35.4 Å². The van der Waals surface area contributed by atoms with Crippen LogP contribution in [0.15, 0.2) is 42.5 Å². The molecule has 4 aliphatic rings. The van der Waals surface area contributed by atoms with Gasteiger partial charge in [0.05, 0.1) is 12.7 Å². The molecular weight excluding hydrogens is 399 g/mol. The number of benzene rings is 2. The summed E-state index contributed by atoms with van der Waals surface area (Å²) >= 11 is 0. The van der Waals surface area contributed by atoms with Gasteiger partial charge in [0.15, 0.2) is 5.72 Å². The molecule has 1 heterocycles. The quantitative estimate of drug-likeness (QED) is 0.789. The normalized spacial score (nSPS) is 28.5. The van der Waals surface area contributed by atoms with Gasteiger partial charge in [0, 0.05) is 30.9 Å². The lowest BCUT2D eigenvalue weighted by molar-refractivity contribution is -0.146. The number of rotatable bonds is 4. The summed E-state index contributed by atoms with van der Waals surface area (Å²) in [5.74, 6) is 0.719. The van der Waals surface area contributed by atoms with E-state index in [1.807, 2.05) is 0 Å². The molecule has 0 aromatic heterocycles. The second-order valence-electron chi connectivity index (χ2n) is 8.74. The highest BCUT2D eigenvalue weighted by molar-refractivity contribution is 5.98. The number of fused-ring (bicyclic) bond motifs is 3. The molecule has 31 heavy (non-hydrogen) atoms. The van der Waals surface area contributed by atoms with Crippen LogP contribution in [0.1, 0.15) is 41.6 Å². The predicted octanol–water partition coefficient (Wildman–Crippen LogP) is 3.41. The van der Waals surface area contributed by atoms with Crippen LogP contribution >= 0.6 is 0 Å². The molecular formula is C24H25FN2O4. The zero-order valence-electron chi connectivity index (χ0n) is 17.3. The highest BCUT2D eigenvalue weighted by Gasteiger charge is 2.57. The van der Waals surface area contributed by atoms with Gasteiger partial charge in [-0.2, -0.15) is 0 Å². The smallest absolute Gasteiger partial charge is 0.258 e. The molecule has 2 aromatic rings. The number of hydrogen-bond acceptors (Lipinski definition) is 4. The van der Waals surface area contributed by atoms with Crippen LogP contribution in [-0.2, 0) is 11.3 Å². The number of carbonyl (C=O) groups is 2. The molecule has 3 aliphatic carbocycles. The Balaban J connectivity index is 1.30. The Morgan fingerprint density at radius 1 is 1.29 bits per heavy atom. The fourth-order valence-electron chi connectivity index (χ4n) is 5.41. The number of methoxy groups -OCH3 is 1. The van der Waals surface area contributed by atoms with Gasteiger partial charge in [-0.3, -0.25) is 9.59 Å².